The SMILES string of the molecule is CCCCCCCCC[C@@H](CO)CCC. The van der Waals surface area contributed by atoms with E-state index in [0.717, 1.165) is 0 Å². The normalized spacial score (nSPS) is 13.0. The topological polar surface area (TPSA) is 20.2 Å². The molecule has 15 heavy (non-hydrogen) atoms. The number of aliphatic hydroxyl groups is 1. The van der Waals surface area contributed by atoms with Crippen LogP contribution in [-0.4, -0.2) is 11.7 Å². The molecule has 0 unspecified atom stereocenters. The molecule has 0 aliphatic rings. The van der Waals surface area contributed by atoms with E-state index in [4.69, 9.17) is 5.11 Å². The minimum Gasteiger partial charge on any atom is -0.396 e. The minimum absolute atomic E-state index is 0.393. The van der Waals surface area contributed by atoms with Crippen LogP contribution in [0.2, 0.25) is 0 Å². The van der Waals surface area contributed by atoms with Gasteiger partial charge in [0.15, 0.2) is 0 Å². The molecule has 0 saturated heterocycles. The summed E-state index contributed by atoms with van der Waals surface area (Å²) < 4.78 is 0. The van der Waals surface area contributed by atoms with Crippen molar-refractivity contribution in [1.82, 2.24) is 0 Å². The summed E-state index contributed by atoms with van der Waals surface area (Å²) in [6.45, 7) is 4.85. The Morgan fingerprint density at radius 3 is 1.87 bits per heavy atom. The summed E-state index contributed by atoms with van der Waals surface area (Å²) in [6, 6.07) is 0. The molecular formula is C14H30O. The summed E-state index contributed by atoms with van der Waals surface area (Å²) >= 11 is 0. The second-order valence-corrected chi connectivity index (χ2v) is 4.75. The largest absolute Gasteiger partial charge is 0.396 e. The fourth-order valence-corrected chi connectivity index (χ4v) is 2.13. The Labute approximate surface area is 96.3 Å². The lowest BCUT2D eigenvalue weighted by Gasteiger charge is -2.12. The lowest BCUT2D eigenvalue weighted by molar-refractivity contribution is 0.206. The molecule has 0 spiro atoms. The third kappa shape index (κ3) is 10.2. The lowest BCUT2D eigenvalue weighted by Crippen LogP contribution is -2.05. The summed E-state index contributed by atoms with van der Waals surface area (Å²) in [5, 5.41) is 9.13. The predicted octanol–water partition coefficient (Wildman–Crippen LogP) is 4.54. The van der Waals surface area contributed by atoms with Gasteiger partial charge in [-0.15, -0.1) is 0 Å². The van der Waals surface area contributed by atoms with Crippen molar-refractivity contribution in [2.24, 2.45) is 5.92 Å². The van der Waals surface area contributed by atoms with Gasteiger partial charge < -0.3 is 5.11 Å². The van der Waals surface area contributed by atoms with Gasteiger partial charge in [-0.25, -0.2) is 0 Å². The zero-order valence-corrected chi connectivity index (χ0v) is 10.8. The van der Waals surface area contributed by atoms with Crippen molar-refractivity contribution in [2.45, 2.75) is 78.1 Å². The Morgan fingerprint density at radius 1 is 0.733 bits per heavy atom. The summed E-state index contributed by atoms with van der Waals surface area (Å²) in [5.41, 5.74) is 0. The van der Waals surface area contributed by atoms with Crippen LogP contribution in [0.5, 0.6) is 0 Å². The maximum absolute atomic E-state index is 9.13. The van der Waals surface area contributed by atoms with Gasteiger partial charge in [-0.2, -0.15) is 0 Å². The fourth-order valence-electron chi connectivity index (χ4n) is 2.13. The first-order valence-electron chi connectivity index (χ1n) is 6.96. The number of hydrogen-bond acceptors (Lipinski definition) is 1. The van der Waals surface area contributed by atoms with Crippen LogP contribution >= 0.6 is 0 Å². The van der Waals surface area contributed by atoms with E-state index in [0.29, 0.717) is 12.5 Å². The van der Waals surface area contributed by atoms with E-state index in [1.54, 1.807) is 0 Å². The molecule has 0 aliphatic heterocycles. The third-order valence-electron chi connectivity index (χ3n) is 3.17. The highest BCUT2D eigenvalue weighted by Gasteiger charge is 2.04. The average molecular weight is 214 g/mol. The smallest absolute Gasteiger partial charge is 0.0459 e. The van der Waals surface area contributed by atoms with Crippen LogP contribution in [0.25, 0.3) is 0 Å². The number of hydrogen-bond donors (Lipinski definition) is 1. The molecule has 0 fully saturated rings. The highest BCUT2D eigenvalue weighted by atomic mass is 16.3. The molecule has 0 radical (unpaired) electrons. The van der Waals surface area contributed by atoms with Gasteiger partial charge in [-0.1, -0.05) is 65.2 Å². The summed E-state index contributed by atoms with van der Waals surface area (Å²) in [7, 11) is 0. The first kappa shape index (κ1) is 15.0. The highest BCUT2D eigenvalue weighted by molar-refractivity contribution is 4.57. The van der Waals surface area contributed by atoms with Crippen molar-refractivity contribution in [3.8, 4) is 0 Å². The molecule has 0 amide bonds. The van der Waals surface area contributed by atoms with E-state index in [-0.39, 0.29) is 0 Å². The molecule has 92 valence electrons. The van der Waals surface area contributed by atoms with E-state index in [2.05, 4.69) is 13.8 Å². The van der Waals surface area contributed by atoms with Crippen LogP contribution in [-0.2, 0) is 0 Å². The van der Waals surface area contributed by atoms with Gasteiger partial charge in [0.1, 0.15) is 0 Å². The van der Waals surface area contributed by atoms with Crippen LogP contribution in [0.3, 0.4) is 0 Å². The van der Waals surface area contributed by atoms with Gasteiger partial charge in [0.2, 0.25) is 0 Å². The van der Waals surface area contributed by atoms with E-state index in [1.165, 1.54) is 64.2 Å². The van der Waals surface area contributed by atoms with Crippen LogP contribution in [0.1, 0.15) is 78.1 Å². The lowest BCUT2D eigenvalue weighted by atomic mass is 9.97. The molecule has 1 heteroatoms. The second-order valence-electron chi connectivity index (χ2n) is 4.75. The number of unbranched alkanes of at least 4 members (excludes halogenated alkanes) is 6. The maximum Gasteiger partial charge on any atom is 0.0459 e. The second kappa shape index (κ2) is 12.0. The van der Waals surface area contributed by atoms with Crippen molar-refractivity contribution in [3.05, 3.63) is 0 Å². The molecule has 0 rings (SSSR count). The number of rotatable bonds is 11. The molecule has 0 heterocycles. The monoisotopic (exact) mass is 214 g/mol. The zero-order chi connectivity index (χ0) is 11.4. The zero-order valence-electron chi connectivity index (χ0n) is 10.8. The van der Waals surface area contributed by atoms with Crippen LogP contribution in [0.15, 0.2) is 0 Å². The molecule has 0 aromatic carbocycles. The Balaban J connectivity index is 3.14. The van der Waals surface area contributed by atoms with E-state index < -0.39 is 0 Å². The van der Waals surface area contributed by atoms with Crippen molar-refractivity contribution in [1.29, 1.82) is 0 Å². The molecular weight excluding hydrogens is 184 g/mol. The molecule has 1 N–H and O–H groups in total. The van der Waals surface area contributed by atoms with Crippen molar-refractivity contribution in [3.63, 3.8) is 0 Å². The van der Waals surface area contributed by atoms with Crippen molar-refractivity contribution >= 4 is 0 Å². The first-order chi connectivity index (χ1) is 7.35. The van der Waals surface area contributed by atoms with Gasteiger partial charge in [0.25, 0.3) is 0 Å². The molecule has 0 saturated carbocycles. The van der Waals surface area contributed by atoms with Gasteiger partial charge in [0.05, 0.1) is 0 Å². The maximum atomic E-state index is 9.13. The Bertz CT molecular complexity index is 112. The average Bonchev–Trinajstić information content (AvgIpc) is 2.26. The molecule has 1 atom stereocenters. The molecule has 0 aromatic rings. The predicted molar refractivity (Wildman–Crippen MR) is 68.1 cm³/mol. The van der Waals surface area contributed by atoms with Crippen molar-refractivity contribution in [2.75, 3.05) is 6.61 Å². The first-order valence-corrected chi connectivity index (χ1v) is 6.96. The highest BCUT2D eigenvalue weighted by Crippen LogP contribution is 2.16. The van der Waals surface area contributed by atoms with E-state index in [1.807, 2.05) is 0 Å². The van der Waals surface area contributed by atoms with Gasteiger partial charge >= 0.3 is 0 Å². The van der Waals surface area contributed by atoms with Crippen LogP contribution in [0.4, 0.5) is 0 Å². The summed E-state index contributed by atoms with van der Waals surface area (Å²) in [6.07, 6.45) is 13.3. The number of aliphatic hydroxyl groups excluding tert-OH is 1. The Morgan fingerprint density at radius 2 is 1.33 bits per heavy atom. The van der Waals surface area contributed by atoms with Crippen LogP contribution in [0, 0.1) is 5.92 Å². The standard InChI is InChI=1S/C14H30O/c1-3-5-6-7-8-9-10-12-14(13-15)11-4-2/h14-15H,3-13H2,1-2H3/t14-/m0/s1. The molecule has 1 nitrogen and oxygen atoms in total. The van der Waals surface area contributed by atoms with Crippen LogP contribution < -0.4 is 0 Å². The molecule has 0 aromatic heterocycles. The summed E-state index contributed by atoms with van der Waals surface area (Å²) in [4.78, 5) is 0. The van der Waals surface area contributed by atoms with E-state index >= 15 is 0 Å². The van der Waals surface area contributed by atoms with Gasteiger partial charge in [-0.3, -0.25) is 0 Å². The Kier molecular flexibility index (Phi) is 12.0. The minimum atomic E-state index is 0.393. The molecule has 0 aliphatic carbocycles. The molecule has 0 bridgehead atoms. The van der Waals surface area contributed by atoms with Gasteiger partial charge in [-0.05, 0) is 18.8 Å². The van der Waals surface area contributed by atoms with Crippen molar-refractivity contribution < 1.29 is 5.11 Å². The van der Waals surface area contributed by atoms with E-state index in [9.17, 15) is 0 Å². The summed E-state index contributed by atoms with van der Waals surface area (Å²) in [5.74, 6) is 0.575. The quantitative estimate of drug-likeness (QED) is 0.501. The Hall–Kier alpha value is -0.0400. The third-order valence-corrected chi connectivity index (χ3v) is 3.17. The van der Waals surface area contributed by atoms with Gasteiger partial charge in [0, 0.05) is 6.61 Å². The fraction of sp³-hybridized carbons (Fsp3) is 1.00.